The van der Waals surface area contributed by atoms with Gasteiger partial charge < -0.3 is 48.9 Å². The second-order valence-electron chi connectivity index (χ2n) is 13.4. The molecular formula is C36H27Cl6N7O16S2. The van der Waals surface area contributed by atoms with Gasteiger partial charge in [0.05, 0.1) is 5.39 Å². The van der Waals surface area contributed by atoms with Gasteiger partial charge in [-0.2, -0.15) is 0 Å². The molecule has 1 unspecified atom stereocenters. The maximum Gasteiger partial charge on any atom is 0.514 e. The van der Waals surface area contributed by atoms with Gasteiger partial charge in [-0.25, -0.2) is 19.1 Å². The minimum absolute atomic E-state index is 0.00152. The number of fused-ring (bicyclic) bond motifs is 2. The summed E-state index contributed by atoms with van der Waals surface area (Å²) in [5.41, 5.74) is -4.33. The highest BCUT2D eigenvalue weighted by Crippen LogP contribution is 2.47. The largest absolute Gasteiger partial charge is 0.514 e. The van der Waals surface area contributed by atoms with Gasteiger partial charge in [0, 0.05) is 24.7 Å². The average Bonchev–Trinajstić information content (AvgIpc) is 3.70. The Bertz CT molecular complexity index is 2740. The molecule has 356 valence electrons. The highest BCUT2D eigenvalue weighted by Gasteiger charge is 2.67. The van der Waals surface area contributed by atoms with Gasteiger partial charge in [0.15, 0.2) is 11.5 Å². The van der Waals surface area contributed by atoms with E-state index in [0.717, 1.165) is 52.3 Å². The van der Waals surface area contributed by atoms with Crippen LogP contribution in [-0.2, 0) is 39.9 Å². The highest BCUT2D eigenvalue weighted by molar-refractivity contribution is 8.01. The Morgan fingerprint density at radius 3 is 2.18 bits per heavy atom. The van der Waals surface area contributed by atoms with Gasteiger partial charge in [-0.3, -0.25) is 28.9 Å². The van der Waals surface area contributed by atoms with E-state index in [1.165, 1.54) is 24.3 Å². The predicted octanol–water partition coefficient (Wildman–Crippen LogP) is 4.61. The molecule has 4 heterocycles. The number of carbonyl (C=O) groups is 7. The van der Waals surface area contributed by atoms with Crippen molar-refractivity contribution in [3.8, 4) is 11.5 Å². The lowest BCUT2D eigenvalue weighted by molar-refractivity contribution is -0.192. The minimum Gasteiger partial charge on any atom is -0.480 e. The first-order chi connectivity index (χ1) is 31.5. The van der Waals surface area contributed by atoms with Crippen molar-refractivity contribution in [3.63, 3.8) is 0 Å². The van der Waals surface area contributed by atoms with Gasteiger partial charge in [-0.05, 0) is 27.6 Å². The van der Waals surface area contributed by atoms with Gasteiger partial charge >= 0.3 is 24.2 Å². The maximum absolute atomic E-state index is 14.3. The lowest BCUT2D eigenvalue weighted by Crippen LogP contribution is -2.81. The van der Waals surface area contributed by atoms with E-state index >= 15 is 0 Å². The van der Waals surface area contributed by atoms with Crippen LogP contribution in [0.3, 0.4) is 0 Å². The zero-order valence-corrected chi connectivity index (χ0v) is 39.4. The number of β-lactam (4-membered cyclic amide) rings is 1. The van der Waals surface area contributed by atoms with Gasteiger partial charge in [-0.15, -0.1) is 16.9 Å². The zero-order valence-electron chi connectivity index (χ0n) is 33.2. The number of ether oxygens (including phenoxy) is 5. The number of benzene rings is 2. The van der Waals surface area contributed by atoms with Crippen LogP contribution < -0.4 is 25.5 Å². The average molecular weight is 1090 g/mol. The minimum atomic E-state index is -2.17. The number of carbonyl (C=O) groups excluding carboxylic acids is 5. The van der Waals surface area contributed by atoms with Crippen LogP contribution >= 0.6 is 93.1 Å². The second-order valence-corrected chi connectivity index (χ2v) is 20.5. The van der Waals surface area contributed by atoms with E-state index in [9.17, 15) is 43.5 Å². The van der Waals surface area contributed by atoms with Gasteiger partial charge in [-0.1, -0.05) is 112 Å². The molecule has 1 fully saturated rings. The van der Waals surface area contributed by atoms with E-state index in [1.54, 1.807) is 6.07 Å². The number of halogens is 6. The molecule has 2 aromatic carbocycles. The maximum atomic E-state index is 14.3. The molecule has 0 bridgehead atoms. The third-order valence-electron chi connectivity index (χ3n) is 8.95. The summed E-state index contributed by atoms with van der Waals surface area (Å²) in [6.45, 7) is -2.15. The van der Waals surface area contributed by atoms with Crippen LogP contribution in [0.5, 0.6) is 11.5 Å². The number of amides is 3. The van der Waals surface area contributed by atoms with Gasteiger partial charge in [0.1, 0.15) is 54.3 Å². The number of hydrogen-bond donors (Lipinski definition) is 4. The van der Waals surface area contributed by atoms with Gasteiger partial charge in [0.25, 0.3) is 17.5 Å². The molecule has 6 rings (SSSR count). The van der Waals surface area contributed by atoms with E-state index in [-0.39, 0.29) is 33.4 Å². The Labute approximate surface area is 412 Å². The monoisotopic (exact) mass is 1090 g/mol. The molecule has 4 aromatic rings. The van der Waals surface area contributed by atoms with E-state index in [0.29, 0.717) is 6.26 Å². The summed E-state index contributed by atoms with van der Waals surface area (Å²) < 4.78 is 27.7. The molecule has 0 radical (unpaired) electrons. The van der Waals surface area contributed by atoms with Crippen molar-refractivity contribution < 1.29 is 71.9 Å². The Balaban J connectivity index is 1.26. The summed E-state index contributed by atoms with van der Waals surface area (Å²) in [5, 5.41) is 33.6. The fourth-order valence-corrected chi connectivity index (χ4v) is 8.90. The molecule has 0 aliphatic carbocycles. The van der Waals surface area contributed by atoms with Crippen molar-refractivity contribution in [3.05, 3.63) is 81.3 Å². The molecule has 2 aliphatic heterocycles. The van der Waals surface area contributed by atoms with Crippen LogP contribution in [0.25, 0.3) is 11.0 Å². The molecule has 2 aliphatic rings. The number of hydrogen-bond acceptors (Lipinski definition) is 19. The first-order valence-electron chi connectivity index (χ1n) is 18.2. The van der Waals surface area contributed by atoms with Crippen molar-refractivity contribution in [1.29, 1.82) is 0 Å². The third kappa shape index (κ3) is 12.1. The number of aliphatic carboxylic acids is 2. The number of nitrogens with one attached hydrogen (secondary N) is 2. The standard InChI is InChI=1S/C36H27Cl6N7O16S2/c1-60-36(29(57)49-24(28(55)56)16(11-66-30(36)49)12-67-31-45-46-47-48(31)9-22(50)51)44-27(54)23(15-5-3-2-4-6-15)43-26(53)18-10-61-19-8-21(65-33(59)63-14-35(40,41)42)20(7-17(19)25(18)52)64-32(58)62-13-34(37,38)39/h2-8,10,23,30H,9,11-14H2,1H3,(H,43,53)(H,44,54)(H,50,51)(H,55,56)/t23?,30-,36-/m0/s1. The number of thioether (sulfide) groups is 2. The second kappa shape index (κ2) is 20.9. The lowest BCUT2D eigenvalue weighted by Gasteiger charge is -2.56. The Morgan fingerprint density at radius 2 is 1.60 bits per heavy atom. The molecular weight excluding hydrogens is 1060 g/mol. The third-order valence-corrected chi connectivity index (χ3v) is 12.0. The highest BCUT2D eigenvalue weighted by atomic mass is 35.6. The summed E-state index contributed by atoms with van der Waals surface area (Å²) in [4.78, 5) is 106. The fourth-order valence-electron chi connectivity index (χ4n) is 6.12. The van der Waals surface area contributed by atoms with Crippen molar-refractivity contribution in [1.82, 2.24) is 35.7 Å². The molecule has 3 amide bonds. The molecule has 31 heteroatoms. The van der Waals surface area contributed by atoms with E-state index in [4.69, 9.17) is 103 Å². The molecule has 3 atom stereocenters. The predicted molar refractivity (Wildman–Crippen MR) is 235 cm³/mol. The number of methoxy groups -OCH3 is 1. The van der Waals surface area contributed by atoms with E-state index < -0.39 is 120 Å². The Kier molecular flexibility index (Phi) is 16.0. The van der Waals surface area contributed by atoms with Crippen LogP contribution in [0.2, 0.25) is 0 Å². The Hall–Kier alpha value is -5.25. The summed E-state index contributed by atoms with van der Waals surface area (Å²) in [6.07, 6.45) is -2.28. The van der Waals surface area contributed by atoms with Crippen LogP contribution in [0.4, 0.5) is 9.59 Å². The topological polar surface area (TPSA) is 307 Å². The summed E-state index contributed by atoms with van der Waals surface area (Å²) in [5.74, 6) is -7.30. The van der Waals surface area contributed by atoms with Gasteiger partial charge in [0.2, 0.25) is 24.1 Å². The number of rotatable bonds is 16. The molecule has 4 N–H and O–H groups in total. The summed E-state index contributed by atoms with van der Waals surface area (Å²) in [7, 11) is 1.10. The summed E-state index contributed by atoms with van der Waals surface area (Å²) in [6, 6.07) is 7.63. The van der Waals surface area contributed by atoms with Crippen molar-refractivity contribution >= 4 is 146 Å². The quantitative estimate of drug-likeness (QED) is 0.0297. The Morgan fingerprint density at radius 1 is 0.970 bits per heavy atom. The van der Waals surface area contributed by atoms with E-state index in [1.807, 2.05) is 0 Å². The molecule has 67 heavy (non-hydrogen) atoms. The van der Waals surface area contributed by atoms with Crippen molar-refractivity contribution in [2.45, 2.75) is 36.4 Å². The van der Waals surface area contributed by atoms with Crippen LogP contribution in [0.1, 0.15) is 22.0 Å². The smallest absolute Gasteiger partial charge is 0.480 e. The molecule has 0 spiro atoms. The summed E-state index contributed by atoms with van der Waals surface area (Å²) >= 11 is 35.7. The zero-order chi connectivity index (χ0) is 49.0. The number of alkyl halides is 6. The number of nitrogens with zero attached hydrogens (tertiary/aromatic N) is 5. The number of carboxylic acids is 2. The van der Waals surface area contributed by atoms with E-state index in [2.05, 4.69) is 26.2 Å². The molecule has 0 saturated carbocycles. The number of carboxylic acid groups (broad SMARTS) is 2. The first-order valence-corrected chi connectivity index (χ1v) is 22.5. The van der Waals surface area contributed by atoms with Crippen LogP contribution in [-0.4, -0.2) is 128 Å². The fraction of sp³-hybridized carbons (Fsp3) is 0.306. The molecule has 23 nitrogen and oxygen atoms in total. The lowest BCUT2D eigenvalue weighted by atomic mass is 9.97. The SMILES string of the molecule is CO[C@@]1(NC(=O)C(NC(=O)c2coc3cc(OC(=O)OCC(Cl)(Cl)Cl)c(OC(=O)OCC(Cl)(Cl)Cl)cc3c2=O)c2ccccc2)C(=O)N2C(C(=O)O)=C(CSc3nnnn3CC(=O)O)CS[C@H]21. The normalized spacial score (nSPS) is 17.4. The van der Waals surface area contributed by atoms with Crippen LogP contribution in [0.15, 0.2) is 74.4 Å². The van der Waals surface area contributed by atoms with Crippen LogP contribution in [0, 0.1) is 0 Å². The number of aromatic nitrogens is 4. The van der Waals surface area contributed by atoms with Crippen molar-refractivity contribution in [2.24, 2.45) is 0 Å². The first kappa shape index (κ1) is 51.1. The molecule has 1 saturated heterocycles. The molecule has 2 aromatic heterocycles. The van der Waals surface area contributed by atoms with Crippen molar-refractivity contribution in [2.75, 3.05) is 31.8 Å². The number of tetrazole rings is 1.